The predicted octanol–water partition coefficient (Wildman–Crippen LogP) is 2.57. The van der Waals surface area contributed by atoms with Gasteiger partial charge in [-0.2, -0.15) is 0 Å². The molecule has 18 heavy (non-hydrogen) atoms. The highest BCUT2D eigenvalue weighted by atomic mass is 79.9. The van der Waals surface area contributed by atoms with Gasteiger partial charge < -0.3 is 5.73 Å². The summed E-state index contributed by atoms with van der Waals surface area (Å²) in [6, 6.07) is 1.41. The zero-order valence-electron chi connectivity index (χ0n) is 9.53. The van der Waals surface area contributed by atoms with Crippen molar-refractivity contribution in [3.8, 4) is 0 Å². The van der Waals surface area contributed by atoms with E-state index in [1.807, 2.05) is 0 Å². The van der Waals surface area contributed by atoms with E-state index in [0.29, 0.717) is 15.4 Å². The highest BCUT2D eigenvalue weighted by Gasteiger charge is 2.31. The van der Waals surface area contributed by atoms with Crippen LogP contribution in [0.25, 0.3) is 0 Å². The molecule has 0 amide bonds. The third-order valence-electron chi connectivity index (χ3n) is 3.16. The van der Waals surface area contributed by atoms with Crippen LogP contribution in [-0.4, -0.2) is 21.0 Å². The number of sulfonamides is 1. The van der Waals surface area contributed by atoms with Gasteiger partial charge in [-0.25, -0.2) is 13.1 Å². The van der Waals surface area contributed by atoms with Crippen LogP contribution in [0.4, 0.5) is 0 Å². The Balaban J connectivity index is 2.17. The van der Waals surface area contributed by atoms with Crippen molar-refractivity contribution >= 4 is 48.9 Å². The Kier molecular flexibility index (Phi) is 4.72. The number of thiophene rings is 1. The quantitative estimate of drug-likeness (QED) is 0.852. The van der Waals surface area contributed by atoms with Crippen molar-refractivity contribution in [2.75, 3.05) is 6.54 Å². The first kappa shape index (κ1) is 14.7. The minimum Gasteiger partial charge on any atom is -0.330 e. The predicted molar refractivity (Wildman–Crippen MR) is 77.5 cm³/mol. The molecule has 4 nitrogen and oxygen atoms in total. The lowest BCUT2D eigenvalue weighted by Crippen LogP contribution is -2.39. The molecule has 1 saturated carbocycles. The summed E-state index contributed by atoms with van der Waals surface area (Å²) in [6.07, 6.45) is 2.85. The molecule has 1 aromatic rings. The molecule has 2 atom stereocenters. The Hall–Kier alpha value is 0.340. The zero-order chi connectivity index (χ0) is 13.3. The van der Waals surface area contributed by atoms with E-state index < -0.39 is 10.0 Å². The van der Waals surface area contributed by atoms with Crippen molar-refractivity contribution in [1.82, 2.24) is 4.72 Å². The Morgan fingerprint density at radius 3 is 2.83 bits per heavy atom. The fourth-order valence-electron chi connectivity index (χ4n) is 2.19. The highest BCUT2D eigenvalue weighted by Crippen LogP contribution is 2.35. The molecule has 0 saturated heterocycles. The van der Waals surface area contributed by atoms with Gasteiger partial charge in [0.05, 0.1) is 8.81 Å². The van der Waals surface area contributed by atoms with Gasteiger partial charge in [0.2, 0.25) is 10.0 Å². The number of nitrogens with one attached hydrogen (secondary N) is 1. The third kappa shape index (κ3) is 3.08. The first-order valence-corrected chi connectivity index (χ1v) is 9.08. The van der Waals surface area contributed by atoms with Crippen molar-refractivity contribution in [2.45, 2.75) is 29.5 Å². The molecule has 3 N–H and O–H groups in total. The van der Waals surface area contributed by atoms with Crippen LogP contribution < -0.4 is 10.5 Å². The molecule has 1 fully saturated rings. The highest BCUT2D eigenvalue weighted by molar-refractivity contribution is 9.11. The van der Waals surface area contributed by atoms with E-state index >= 15 is 0 Å². The molecule has 0 spiro atoms. The van der Waals surface area contributed by atoms with Crippen LogP contribution >= 0.6 is 38.9 Å². The maximum atomic E-state index is 12.2. The topological polar surface area (TPSA) is 72.2 Å². The second kappa shape index (κ2) is 5.76. The van der Waals surface area contributed by atoms with Gasteiger partial charge >= 0.3 is 0 Å². The van der Waals surface area contributed by atoms with Crippen LogP contribution in [0, 0.1) is 5.92 Å². The van der Waals surface area contributed by atoms with Gasteiger partial charge in [0.25, 0.3) is 0 Å². The molecule has 2 unspecified atom stereocenters. The van der Waals surface area contributed by atoms with E-state index in [4.69, 9.17) is 17.3 Å². The smallest absolute Gasteiger partial charge is 0.250 e. The molecule has 0 aromatic carbocycles. The maximum absolute atomic E-state index is 12.2. The standard InChI is InChI=1S/C10H14BrClN2O2S2/c11-10-7(12)4-9(17-10)18(15,16)14-8-3-1-2-6(8)5-13/h4,6,8,14H,1-3,5,13H2. The largest absolute Gasteiger partial charge is 0.330 e. The molecule has 0 bridgehead atoms. The second-order valence-corrected chi connectivity index (χ2v) is 9.06. The summed E-state index contributed by atoms with van der Waals surface area (Å²) in [5.74, 6) is 0.235. The van der Waals surface area contributed by atoms with E-state index in [-0.39, 0.29) is 16.2 Å². The average Bonchev–Trinajstić information content (AvgIpc) is 2.86. The fraction of sp³-hybridized carbons (Fsp3) is 0.600. The molecule has 1 aliphatic carbocycles. The normalized spacial score (nSPS) is 24.6. The minimum absolute atomic E-state index is 0.0559. The number of rotatable bonds is 4. The first-order valence-electron chi connectivity index (χ1n) is 5.61. The summed E-state index contributed by atoms with van der Waals surface area (Å²) in [7, 11) is -3.49. The summed E-state index contributed by atoms with van der Waals surface area (Å²) in [4.78, 5) is 0. The molecule has 8 heteroatoms. The number of nitrogens with two attached hydrogens (primary N) is 1. The lowest BCUT2D eigenvalue weighted by Gasteiger charge is -2.18. The summed E-state index contributed by atoms with van der Waals surface area (Å²) >= 11 is 10.2. The number of hydrogen-bond acceptors (Lipinski definition) is 4. The summed E-state index contributed by atoms with van der Waals surface area (Å²) in [5.41, 5.74) is 5.65. The van der Waals surface area contributed by atoms with E-state index in [0.717, 1.165) is 30.6 Å². The molecule has 0 radical (unpaired) electrons. The Labute approximate surface area is 124 Å². The monoisotopic (exact) mass is 372 g/mol. The summed E-state index contributed by atoms with van der Waals surface area (Å²) in [6.45, 7) is 0.516. The lowest BCUT2D eigenvalue weighted by molar-refractivity contribution is 0.453. The first-order chi connectivity index (χ1) is 8.44. The minimum atomic E-state index is -3.49. The Morgan fingerprint density at radius 1 is 1.56 bits per heavy atom. The molecule has 102 valence electrons. The van der Waals surface area contributed by atoms with Crippen molar-refractivity contribution in [3.63, 3.8) is 0 Å². The van der Waals surface area contributed by atoms with Crippen molar-refractivity contribution in [1.29, 1.82) is 0 Å². The molecule has 1 aromatic heterocycles. The third-order valence-corrected chi connectivity index (χ3v) is 7.59. The van der Waals surface area contributed by atoms with Crippen LogP contribution in [0.15, 0.2) is 14.1 Å². The van der Waals surface area contributed by atoms with Gasteiger partial charge in [0.1, 0.15) is 4.21 Å². The molecular formula is C10H14BrClN2O2S2. The Bertz CT molecular complexity index is 512. The van der Waals surface area contributed by atoms with Gasteiger partial charge in [-0.3, -0.25) is 0 Å². The molecule has 1 aliphatic rings. The summed E-state index contributed by atoms with van der Waals surface area (Å²) in [5, 5.41) is 0.419. The van der Waals surface area contributed by atoms with E-state index in [2.05, 4.69) is 20.7 Å². The number of halogens is 2. The van der Waals surface area contributed by atoms with Crippen LogP contribution in [0.3, 0.4) is 0 Å². The second-order valence-electron chi connectivity index (χ2n) is 4.34. The SMILES string of the molecule is NCC1CCCC1NS(=O)(=O)c1cc(Cl)c(Br)s1. The average molecular weight is 374 g/mol. The van der Waals surface area contributed by atoms with E-state index in [1.165, 1.54) is 6.07 Å². The van der Waals surface area contributed by atoms with Crippen LogP contribution in [0.2, 0.25) is 5.02 Å². The van der Waals surface area contributed by atoms with Crippen molar-refractivity contribution < 1.29 is 8.42 Å². The Morgan fingerprint density at radius 2 is 2.28 bits per heavy atom. The van der Waals surface area contributed by atoms with Crippen molar-refractivity contribution in [2.24, 2.45) is 11.7 Å². The van der Waals surface area contributed by atoms with Crippen LogP contribution in [0.1, 0.15) is 19.3 Å². The van der Waals surface area contributed by atoms with Gasteiger partial charge in [-0.1, -0.05) is 18.0 Å². The van der Waals surface area contributed by atoms with E-state index in [9.17, 15) is 8.42 Å². The molecule has 0 aliphatic heterocycles. The molecule has 1 heterocycles. The van der Waals surface area contributed by atoms with Crippen LogP contribution in [0.5, 0.6) is 0 Å². The molecule has 2 rings (SSSR count). The zero-order valence-corrected chi connectivity index (χ0v) is 13.5. The summed E-state index contributed by atoms with van der Waals surface area (Å²) < 4.78 is 28.0. The lowest BCUT2D eigenvalue weighted by atomic mass is 10.1. The van der Waals surface area contributed by atoms with Gasteiger partial charge in [0.15, 0.2) is 0 Å². The maximum Gasteiger partial charge on any atom is 0.250 e. The molecular weight excluding hydrogens is 360 g/mol. The van der Waals surface area contributed by atoms with Gasteiger partial charge in [-0.05, 0) is 47.3 Å². The van der Waals surface area contributed by atoms with Crippen LogP contribution in [-0.2, 0) is 10.0 Å². The van der Waals surface area contributed by atoms with Crippen molar-refractivity contribution in [3.05, 3.63) is 14.9 Å². The van der Waals surface area contributed by atoms with E-state index in [1.54, 1.807) is 0 Å². The number of hydrogen-bond donors (Lipinski definition) is 2. The van der Waals surface area contributed by atoms with Gasteiger partial charge in [-0.15, -0.1) is 11.3 Å². The fourth-order valence-corrected chi connectivity index (χ4v) is 5.94. The van der Waals surface area contributed by atoms with Gasteiger partial charge in [0, 0.05) is 6.04 Å².